The van der Waals surface area contributed by atoms with Gasteiger partial charge in [-0.15, -0.1) is 4.99 Å². The molecular weight excluding hydrogens is 423 g/mol. The number of hydrogen-bond acceptors (Lipinski definition) is 4. The third kappa shape index (κ3) is 7.99. The van der Waals surface area contributed by atoms with Crippen LogP contribution in [0.25, 0.3) is 0 Å². The first-order valence-electron chi connectivity index (χ1n) is 10.3. The Hall–Kier alpha value is -4.38. The molecule has 0 aromatic heterocycles. The Morgan fingerprint density at radius 1 is 1.03 bits per heavy atom. The van der Waals surface area contributed by atoms with Crippen molar-refractivity contribution in [2.45, 2.75) is 25.3 Å². The molecule has 33 heavy (non-hydrogen) atoms. The summed E-state index contributed by atoms with van der Waals surface area (Å²) in [6.07, 6.45) is 2.68. The zero-order chi connectivity index (χ0) is 23.5. The van der Waals surface area contributed by atoms with Crippen molar-refractivity contribution in [2.75, 3.05) is 5.32 Å². The van der Waals surface area contributed by atoms with Crippen LogP contribution in [0.15, 0.2) is 83.9 Å². The Morgan fingerprint density at radius 2 is 1.67 bits per heavy atom. The van der Waals surface area contributed by atoms with Crippen LogP contribution in [0.2, 0.25) is 0 Å². The van der Waals surface area contributed by atoms with Crippen LogP contribution in [-0.4, -0.2) is 23.1 Å². The third-order valence-electron chi connectivity index (χ3n) is 4.70. The number of aliphatic carboxylic acids is 1. The summed E-state index contributed by atoms with van der Waals surface area (Å²) >= 11 is 0. The van der Waals surface area contributed by atoms with Crippen LogP contribution in [0.4, 0.5) is 10.1 Å². The van der Waals surface area contributed by atoms with E-state index in [-0.39, 0.29) is 24.2 Å². The molecule has 0 heterocycles. The van der Waals surface area contributed by atoms with E-state index in [0.29, 0.717) is 30.0 Å². The summed E-state index contributed by atoms with van der Waals surface area (Å²) < 4.78 is 18.7. The molecule has 0 aliphatic heterocycles. The molecule has 3 N–H and O–H groups in total. The average molecular weight is 446 g/mol. The van der Waals surface area contributed by atoms with Crippen molar-refractivity contribution in [3.8, 4) is 17.7 Å². The molecular formula is C25H23FN4O3. The number of halogens is 1. The second-order valence-corrected chi connectivity index (χ2v) is 7.23. The second-order valence-electron chi connectivity index (χ2n) is 7.23. The fraction of sp³-hybridized carbons (Fsp3) is 0.160. The Bertz CT molecular complexity index is 1110. The number of guanidine groups is 1. The monoisotopic (exact) mass is 446 g/mol. The standard InChI is InChI=1S/C25H23FN4O3/c26-19-6-11-22(12-7-19)33-23-13-8-20(9-14-23)29-25(28-17-27)30-21(10-15-24(31)32)16-18-4-2-1-3-5-18/h1-9,11-14,21H,10,15-16H2,(H,31,32)(H2,28,29,30)/t21-/m1/s1. The number of hydrogen-bond donors (Lipinski definition) is 3. The lowest BCUT2D eigenvalue weighted by Gasteiger charge is -2.21. The summed E-state index contributed by atoms with van der Waals surface area (Å²) in [6.45, 7) is 0. The van der Waals surface area contributed by atoms with Gasteiger partial charge in [0.05, 0.1) is 0 Å². The van der Waals surface area contributed by atoms with E-state index in [1.807, 2.05) is 30.3 Å². The van der Waals surface area contributed by atoms with E-state index in [9.17, 15) is 9.18 Å². The lowest BCUT2D eigenvalue weighted by molar-refractivity contribution is -0.137. The Morgan fingerprint density at radius 3 is 2.27 bits per heavy atom. The quantitative estimate of drug-likeness (QED) is 0.244. The molecule has 0 aliphatic rings. The van der Waals surface area contributed by atoms with Crippen LogP contribution in [0.1, 0.15) is 18.4 Å². The fourth-order valence-corrected chi connectivity index (χ4v) is 3.14. The summed E-state index contributed by atoms with van der Waals surface area (Å²) in [5.41, 5.74) is 1.69. The molecule has 0 spiro atoms. The molecule has 0 saturated carbocycles. The molecule has 8 heteroatoms. The number of benzene rings is 3. The van der Waals surface area contributed by atoms with Crippen LogP contribution in [0.5, 0.6) is 11.5 Å². The summed E-state index contributed by atoms with van der Waals surface area (Å²) in [7, 11) is 0. The summed E-state index contributed by atoms with van der Waals surface area (Å²) in [5.74, 6) is 0.0528. The first-order chi connectivity index (χ1) is 16.0. The topological polar surface area (TPSA) is 107 Å². The van der Waals surface area contributed by atoms with E-state index in [1.54, 1.807) is 30.5 Å². The van der Waals surface area contributed by atoms with Gasteiger partial charge in [-0.3, -0.25) is 4.79 Å². The number of nitriles is 1. The summed E-state index contributed by atoms with van der Waals surface area (Å²) in [6, 6.07) is 22.1. The lowest BCUT2D eigenvalue weighted by Crippen LogP contribution is -2.40. The average Bonchev–Trinajstić information content (AvgIpc) is 2.81. The smallest absolute Gasteiger partial charge is 0.303 e. The van der Waals surface area contributed by atoms with Gasteiger partial charge >= 0.3 is 5.97 Å². The largest absolute Gasteiger partial charge is 0.481 e. The molecule has 3 aromatic rings. The van der Waals surface area contributed by atoms with Crippen LogP contribution in [0, 0.1) is 17.3 Å². The number of rotatable bonds is 9. The molecule has 3 aromatic carbocycles. The van der Waals surface area contributed by atoms with Crippen LogP contribution in [-0.2, 0) is 11.2 Å². The van der Waals surface area contributed by atoms with E-state index < -0.39 is 5.97 Å². The highest BCUT2D eigenvalue weighted by atomic mass is 19.1. The molecule has 3 rings (SSSR count). The molecule has 0 unspecified atom stereocenters. The molecule has 1 atom stereocenters. The Labute approximate surface area is 191 Å². The van der Waals surface area contributed by atoms with Gasteiger partial charge in [-0.25, -0.2) is 4.39 Å². The number of carboxylic acid groups (broad SMARTS) is 1. The SMILES string of the molecule is N#C/N=C(/Nc1ccc(Oc2ccc(F)cc2)cc1)N[C@H](CCC(=O)O)Cc1ccccc1. The van der Waals surface area contributed by atoms with Crippen molar-refractivity contribution in [3.05, 3.63) is 90.2 Å². The number of aliphatic imine (C=N–C) groups is 1. The zero-order valence-corrected chi connectivity index (χ0v) is 17.7. The highest BCUT2D eigenvalue weighted by Crippen LogP contribution is 2.23. The van der Waals surface area contributed by atoms with Crippen molar-refractivity contribution in [2.24, 2.45) is 4.99 Å². The number of anilines is 1. The summed E-state index contributed by atoms with van der Waals surface area (Å²) in [5, 5.41) is 24.4. The Balaban J connectivity index is 1.66. The van der Waals surface area contributed by atoms with Crippen molar-refractivity contribution < 1.29 is 19.0 Å². The third-order valence-corrected chi connectivity index (χ3v) is 4.70. The van der Waals surface area contributed by atoms with Gasteiger partial charge in [0.1, 0.15) is 17.3 Å². The molecule has 7 nitrogen and oxygen atoms in total. The van der Waals surface area contributed by atoms with Crippen molar-refractivity contribution in [1.29, 1.82) is 5.26 Å². The first kappa shape index (κ1) is 23.3. The molecule has 0 radical (unpaired) electrons. The predicted octanol–water partition coefficient (Wildman–Crippen LogP) is 4.93. The van der Waals surface area contributed by atoms with Gasteiger partial charge in [0, 0.05) is 18.2 Å². The molecule has 0 fully saturated rings. The lowest BCUT2D eigenvalue weighted by atomic mass is 10.0. The van der Waals surface area contributed by atoms with Gasteiger partial charge in [0.25, 0.3) is 0 Å². The molecule has 168 valence electrons. The minimum Gasteiger partial charge on any atom is -0.481 e. The number of ether oxygens (including phenoxy) is 1. The van der Waals surface area contributed by atoms with Crippen molar-refractivity contribution >= 4 is 17.6 Å². The van der Waals surface area contributed by atoms with E-state index in [4.69, 9.17) is 15.1 Å². The Kier molecular flexibility index (Phi) is 8.37. The van der Waals surface area contributed by atoms with Gasteiger partial charge in [0.2, 0.25) is 12.2 Å². The first-order valence-corrected chi connectivity index (χ1v) is 10.3. The minimum atomic E-state index is -0.890. The predicted molar refractivity (Wildman–Crippen MR) is 124 cm³/mol. The fourth-order valence-electron chi connectivity index (χ4n) is 3.14. The maximum atomic E-state index is 13.0. The second kappa shape index (κ2) is 11.9. The molecule has 0 aliphatic carbocycles. The zero-order valence-electron chi connectivity index (χ0n) is 17.7. The number of nitrogens with one attached hydrogen (secondary N) is 2. The number of carbonyl (C=O) groups is 1. The van der Waals surface area contributed by atoms with E-state index in [2.05, 4.69) is 15.6 Å². The van der Waals surface area contributed by atoms with Gasteiger partial charge in [0.15, 0.2) is 0 Å². The van der Waals surface area contributed by atoms with E-state index >= 15 is 0 Å². The summed E-state index contributed by atoms with van der Waals surface area (Å²) in [4.78, 5) is 14.9. The molecule has 0 saturated heterocycles. The van der Waals surface area contributed by atoms with E-state index in [1.165, 1.54) is 24.3 Å². The van der Waals surface area contributed by atoms with Crippen molar-refractivity contribution in [3.63, 3.8) is 0 Å². The maximum absolute atomic E-state index is 13.0. The van der Waals surface area contributed by atoms with Crippen molar-refractivity contribution in [1.82, 2.24) is 5.32 Å². The van der Waals surface area contributed by atoms with Crippen LogP contribution < -0.4 is 15.4 Å². The number of carboxylic acids is 1. The molecule has 0 bridgehead atoms. The number of nitrogens with zero attached hydrogens (tertiary/aromatic N) is 2. The highest BCUT2D eigenvalue weighted by molar-refractivity contribution is 5.94. The van der Waals surface area contributed by atoms with E-state index in [0.717, 1.165) is 5.56 Å². The van der Waals surface area contributed by atoms with Gasteiger partial charge in [-0.05, 0) is 66.9 Å². The van der Waals surface area contributed by atoms with Gasteiger partial charge in [-0.2, -0.15) is 5.26 Å². The minimum absolute atomic E-state index is 0.0141. The maximum Gasteiger partial charge on any atom is 0.303 e. The highest BCUT2D eigenvalue weighted by Gasteiger charge is 2.14. The normalized spacial score (nSPS) is 11.8. The van der Waals surface area contributed by atoms with Crippen LogP contribution >= 0.6 is 0 Å². The van der Waals surface area contributed by atoms with Gasteiger partial charge in [-0.1, -0.05) is 30.3 Å². The molecule has 0 amide bonds. The van der Waals surface area contributed by atoms with Crippen LogP contribution in [0.3, 0.4) is 0 Å². The van der Waals surface area contributed by atoms with Gasteiger partial charge < -0.3 is 20.5 Å².